The molecule has 1 aromatic rings. The van der Waals surface area contributed by atoms with E-state index in [4.69, 9.17) is 11.6 Å². The van der Waals surface area contributed by atoms with Gasteiger partial charge < -0.3 is 10.2 Å². The fraction of sp³-hybridized carbons (Fsp3) is 0.562. The molecule has 4 heteroatoms. The van der Waals surface area contributed by atoms with Crippen LogP contribution in [0.3, 0.4) is 0 Å². The molecule has 1 atom stereocenters. The molecule has 1 aromatic carbocycles. The summed E-state index contributed by atoms with van der Waals surface area (Å²) < 4.78 is 0. The van der Waals surface area contributed by atoms with Crippen LogP contribution in [0.4, 0.5) is 0 Å². The van der Waals surface area contributed by atoms with E-state index >= 15 is 0 Å². The highest BCUT2D eigenvalue weighted by Crippen LogP contribution is 2.28. The van der Waals surface area contributed by atoms with Crippen molar-refractivity contribution in [3.05, 3.63) is 34.9 Å². The van der Waals surface area contributed by atoms with Crippen LogP contribution in [0.2, 0.25) is 5.02 Å². The van der Waals surface area contributed by atoms with Gasteiger partial charge in [-0.25, -0.2) is 0 Å². The molecule has 0 radical (unpaired) electrons. The SMILES string of the molecule is O=C(Cc1cccc(Cl)c1)N(CC1CCCN1)C1CC1. The summed E-state index contributed by atoms with van der Waals surface area (Å²) in [6.07, 6.45) is 5.20. The minimum Gasteiger partial charge on any atom is -0.338 e. The molecule has 1 saturated heterocycles. The summed E-state index contributed by atoms with van der Waals surface area (Å²) >= 11 is 5.99. The first-order valence-corrected chi connectivity index (χ1v) is 7.87. The second-order valence-electron chi connectivity index (χ2n) is 5.88. The van der Waals surface area contributed by atoms with Crippen molar-refractivity contribution in [2.45, 2.75) is 44.2 Å². The van der Waals surface area contributed by atoms with Crippen molar-refractivity contribution in [2.24, 2.45) is 0 Å². The lowest BCUT2D eigenvalue weighted by Gasteiger charge is -2.26. The zero-order valence-electron chi connectivity index (χ0n) is 11.6. The van der Waals surface area contributed by atoms with E-state index in [1.54, 1.807) is 0 Å². The van der Waals surface area contributed by atoms with Gasteiger partial charge in [0.25, 0.3) is 0 Å². The van der Waals surface area contributed by atoms with E-state index in [1.807, 2.05) is 24.3 Å². The monoisotopic (exact) mass is 292 g/mol. The van der Waals surface area contributed by atoms with Crippen LogP contribution in [-0.2, 0) is 11.2 Å². The molecule has 1 N–H and O–H groups in total. The van der Waals surface area contributed by atoms with Crippen molar-refractivity contribution in [2.75, 3.05) is 13.1 Å². The number of hydrogen-bond acceptors (Lipinski definition) is 2. The van der Waals surface area contributed by atoms with E-state index in [9.17, 15) is 4.79 Å². The summed E-state index contributed by atoms with van der Waals surface area (Å²) in [6, 6.07) is 8.57. The van der Waals surface area contributed by atoms with Crippen LogP contribution in [0.15, 0.2) is 24.3 Å². The van der Waals surface area contributed by atoms with Gasteiger partial charge in [-0.1, -0.05) is 23.7 Å². The number of nitrogens with zero attached hydrogens (tertiary/aromatic N) is 1. The molecule has 108 valence electrons. The standard InChI is InChI=1S/C16H21ClN2O/c17-13-4-1-3-12(9-13)10-16(20)19(15-6-7-15)11-14-5-2-8-18-14/h1,3-4,9,14-15,18H,2,5-8,10-11H2. The van der Waals surface area contributed by atoms with Crippen LogP contribution in [-0.4, -0.2) is 36.0 Å². The number of hydrogen-bond donors (Lipinski definition) is 1. The molecule has 2 fully saturated rings. The second-order valence-corrected chi connectivity index (χ2v) is 6.31. The molecule has 0 bridgehead atoms. The first kappa shape index (κ1) is 13.9. The Morgan fingerprint density at radius 2 is 2.20 bits per heavy atom. The number of nitrogens with one attached hydrogen (secondary N) is 1. The van der Waals surface area contributed by atoms with Crippen molar-refractivity contribution in [3.8, 4) is 0 Å². The van der Waals surface area contributed by atoms with Crippen LogP contribution < -0.4 is 5.32 Å². The Balaban J connectivity index is 1.63. The van der Waals surface area contributed by atoms with Gasteiger partial charge in [0, 0.05) is 23.7 Å². The average molecular weight is 293 g/mol. The number of amides is 1. The zero-order chi connectivity index (χ0) is 13.9. The van der Waals surface area contributed by atoms with Crippen LogP contribution in [0, 0.1) is 0 Å². The Kier molecular flexibility index (Phi) is 4.27. The normalized spacial score (nSPS) is 21.9. The Bertz CT molecular complexity index is 481. The lowest BCUT2D eigenvalue weighted by Crippen LogP contribution is -2.43. The van der Waals surface area contributed by atoms with E-state index in [2.05, 4.69) is 10.2 Å². The minimum atomic E-state index is 0.239. The van der Waals surface area contributed by atoms with Gasteiger partial charge in [0.2, 0.25) is 5.91 Å². The smallest absolute Gasteiger partial charge is 0.227 e. The molecule has 2 aliphatic rings. The maximum Gasteiger partial charge on any atom is 0.227 e. The molecule has 1 unspecified atom stereocenters. The first-order valence-electron chi connectivity index (χ1n) is 7.49. The molecule has 1 aliphatic heterocycles. The highest BCUT2D eigenvalue weighted by Gasteiger charge is 2.34. The Morgan fingerprint density at radius 3 is 2.85 bits per heavy atom. The van der Waals surface area contributed by atoms with Gasteiger partial charge in [0.15, 0.2) is 0 Å². The van der Waals surface area contributed by atoms with E-state index in [0.717, 1.165) is 31.5 Å². The molecular weight excluding hydrogens is 272 g/mol. The molecule has 3 rings (SSSR count). The quantitative estimate of drug-likeness (QED) is 0.905. The van der Waals surface area contributed by atoms with Crippen molar-refractivity contribution < 1.29 is 4.79 Å². The lowest BCUT2D eigenvalue weighted by atomic mass is 10.1. The largest absolute Gasteiger partial charge is 0.338 e. The summed E-state index contributed by atoms with van der Waals surface area (Å²) in [6.45, 7) is 1.95. The third-order valence-corrected chi connectivity index (χ3v) is 4.37. The number of benzene rings is 1. The highest BCUT2D eigenvalue weighted by molar-refractivity contribution is 6.30. The van der Waals surface area contributed by atoms with Crippen LogP contribution in [0.25, 0.3) is 0 Å². The summed E-state index contributed by atoms with van der Waals surface area (Å²) in [5.41, 5.74) is 1.01. The lowest BCUT2D eigenvalue weighted by molar-refractivity contribution is -0.131. The van der Waals surface area contributed by atoms with Crippen molar-refractivity contribution in [3.63, 3.8) is 0 Å². The van der Waals surface area contributed by atoms with Crippen molar-refractivity contribution in [1.82, 2.24) is 10.2 Å². The number of carbonyl (C=O) groups excluding carboxylic acids is 1. The van der Waals surface area contributed by atoms with Gasteiger partial charge >= 0.3 is 0 Å². The van der Waals surface area contributed by atoms with Crippen molar-refractivity contribution >= 4 is 17.5 Å². The first-order chi connectivity index (χ1) is 9.72. The molecule has 0 spiro atoms. The average Bonchev–Trinajstić information content (AvgIpc) is 3.12. The third kappa shape index (κ3) is 3.53. The highest BCUT2D eigenvalue weighted by atomic mass is 35.5. The zero-order valence-corrected chi connectivity index (χ0v) is 12.4. The predicted molar refractivity (Wildman–Crippen MR) is 80.9 cm³/mol. The Labute approximate surface area is 125 Å². The van der Waals surface area contributed by atoms with Gasteiger partial charge in [0.1, 0.15) is 0 Å². The predicted octanol–water partition coefficient (Wildman–Crippen LogP) is 2.63. The molecule has 1 saturated carbocycles. The number of halogens is 1. The van der Waals surface area contributed by atoms with E-state index < -0.39 is 0 Å². The van der Waals surface area contributed by atoms with Gasteiger partial charge in [-0.2, -0.15) is 0 Å². The van der Waals surface area contributed by atoms with E-state index in [1.165, 1.54) is 12.8 Å². The van der Waals surface area contributed by atoms with E-state index in [0.29, 0.717) is 23.5 Å². The van der Waals surface area contributed by atoms with Crippen LogP contribution >= 0.6 is 11.6 Å². The maximum absolute atomic E-state index is 12.5. The molecule has 1 aliphatic carbocycles. The van der Waals surface area contributed by atoms with Gasteiger partial charge in [-0.15, -0.1) is 0 Å². The summed E-state index contributed by atoms with van der Waals surface area (Å²) in [5.74, 6) is 0.239. The van der Waals surface area contributed by atoms with Gasteiger partial charge in [-0.05, 0) is 49.9 Å². The van der Waals surface area contributed by atoms with Crippen molar-refractivity contribution in [1.29, 1.82) is 0 Å². The maximum atomic E-state index is 12.5. The van der Waals surface area contributed by atoms with Gasteiger partial charge in [-0.3, -0.25) is 4.79 Å². The summed E-state index contributed by atoms with van der Waals surface area (Å²) in [7, 11) is 0. The molecule has 3 nitrogen and oxygen atoms in total. The molecule has 20 heavy (non-hydrogen) atoms. The molecule has 1 heterocycles. The fourth-order valence-corrected chi connectivity index (χ4v) is 3.13. The van der Waals surface area contributed by atoms with Gasteiger partial charge in [0.05, 0.1) is 6.42 Å². The summed E-state index contributed by atoms with van der Waals surface area (Å²) in [4.78, 5) is 14.6. The molecule has 0 aromatic heterocycles. The number of carbonyl (C=O) groups is 1. The fourth-order valence-electron chi connectivity index (χ4n) is 2.91. The van der Waals surface area contributed by atoms with Crippen LogP contribution in [0.5, 0.6) is 0 Å². The second kappa shape index (κ2) is 6.15. The molecular formula is C16H21ClN2O. The topological polar surface area (TPSA) is 32.3 Å². The Hall–Kier alpha value is -1.06. The van der Waals surface area contributed by atoms with Crippen LogP contribution in [0.1, 0.15) is 31.2 Å². The van der Waals surface area contributed by atoms with E-state index in [-0.39, 0.29) is 5.91 Å². The minimum absolute atomic E-state index is 0.239. The number of rotatable bonds is 5. The summed E-state index contributed by atoms with van der Waals surface area (Å²) in [5, 5.41) is 4.18. The molecule has 1 amide bonds. The third-order valence-electron chi connectivity index (χ3n) is 4.13. The Morgan fingerprint density at radius 1 is 1.35 bits per heavy atom.